The van der Waals surface area contributed by atoms with Gasteiger partial charge in [-0.2, -0.15) is 0 Å². The summed E-state index contributed by atoms with van der Waals surface area (Å²) in [6, 6.07) is 22.1. The lowest BCUT2D eigenvalue weighted by Gasteiger charge is -2.34. The van der Waals surface area contributed by atoms with Crippen LogP contribution in [0.3, 0.4) is 0 Å². The van der Waals surface area contributed by atoms with Crippen LogP contribution in [0.4, 0.5) is 17.1 Å². The zero-order valence-electron chi connectivity index (χ0n) is 20.2. The predicted molar refractivity (Wildman–Crippen MR) is 135 cm³/mol. The number of para-hydroxylation sites is 2. The second kappa shape index (κ2) is 8.27. The number of likely N-dealkylation sites (N-methyl/N-ethyl adjacent to an activating group) is 2. The Morgan fingerprint density at radius 1 is 0.914 bits per heavy atom. The molecule has 0 bridgehead atoms. The Kier molecular flexibility index (Phi) is 5.35. The first kappa shape index (κ1) is 22.7. The van der Waals surface area contributed by atoms with Gasteiger partial charge in [0.1, 0.15) is 11.2 Å². The molecule has 0 spiro atoms. The van der Waals surface area contributed by atoms with Crippen molar-refractivity contribution in [3.8, 4) is 5.75 Å². The highest BCUT2D eigenvalue weighted by Gasteiger charge is 2.61. The van der Waals surface area contributed by atoms with Crippen LogP contribution in [0.1, 0.15) is 23.5 Å². The molecule has 1 unspecified atom stereocenters. The van der Waals surface area contributed by atoms with E-state index < -0.39 is 11.3 Å². The van der Waals surface area contributed by atoms with Gasteiger partial charge in [0.25, 0.3) is 0 Å². The van der Waals surface area contributed by atoms with E-state index in [4.69, 9.17) is 4.74 Å². The van der Waals surface area contributed by atoms with Crippen molar-refractivity contribution in [2.24, 2.45) is 0 Å². The van der Waals surface area contributed by atoms with Gasteiger partial charge in [-0.3, -0.25) is 14.4 Å². The van der Waals surface area contributed by atoms with Gasteiger partial charge < -0.3 is 19.4 Å². The maximum Gasteiger partial charge on any atom is 0.239 e. The van der Waals surface area contributed by atoms with Crippen LogP contribution in [0, 0.1) is 0 Å². The van der Waals surface area contributed by atoms with Crippen molar-refractivity contribution in [2.75, 3.05) is 43.0 Å². The number of amides is 3. The molecule has 0 aliphatic carbocycles. The summed E-state index contributed by atoms with van der Waals surface area (Å²) in [4.78, 5) is 46.3. The molecule has 0 N–H and O–H groups in total. The van der Waals surface area contributed by atoms with Gasteiger partial charge in [0.05, 0.1) is 13.0 Å². The van der Waals surface area contributed by atoms with Crippen molar-refractivity contribution in [1.82, 2.24) is 0 Å². The minimum Gasteiger partial charge on any atom is -0.497 e. The standard InChI is InChI=1S/C28H27N3O4/c1-29(18-13-15-19(35-4)16-14-18)24(32)17-28(21-10-6-8-12-23(21)31(3)27(28)34)25-20-9-5-7-11-22(20)30(2)26(25)33/h5-16,25H,17H2,1-4H3/t25?,28-/m1/s1. The second-order valence-corrected chi connectivity index (χ2v) is 9.07. The molecule has 2 atom stereocenters. The summed E-state index contributed by atoms with van der Waals surface area (Å²) >= 11 is 0. The summed E-state index contributed by atoms with van der Waals surface area (Å²) in [5, 5.41) is 0. The second-order valence-electron chi connectivity index (χ2n) is 9.07. The van der Waals surface area contributed by atoms with Gasteiger partial charge >= 0.3 is 0 Å². The van der Waals surface area contributed by atoms with E-state index in [-0.39, 0.29) is 24.1 Å². The van der Waals surface area contributed by atoms with E-state index in [1.165, 1.54) is 4.90 Å². The summed E-state index contributed by atoms with van der Waals surface area (Å²) in [5.41, 5.74) is 2.26. The van der Waals surface area contributed by atoms with Crippen molar-refractivity contribution in [2.45, 2.75) is 17.8 Å². The molecule has 0 fully saturated rings. The SMILES string of the molecule is COc1ccc(N(C)C(=O)C[C@@]2(C3C(=O)N(C)c4ccccc43)C(=O)N(C)c3ccccc32)cc1. The van der Waals surface area contributed by atoms with E-state index in [0.717, 1.165) is 16.9 Å². The zero-order valence-corrected chi connectivity index (χ0v) is 20.2. The van der Waals surface area contributed by atoms with Crippen LogP contribution in [0.2, 0.25) is 0 Å². The molecule has 5 rings (SSSR count). The molecule has 178 valence electrons. The molecule has 0 saturated carbocycles. The van der Waals surface area contributed by atoms with Gasteiger partial charge in [-0.15, -0.1) is 0 Å². The van der Waals surface area contributed by atoms with E-state index in [1.54, 1.807) is 62.3 Å². The van der Waals surface area contributed by atoms with Crippen LogP contribution in [0.5, 0.6) is 5.75 Å². The van der Waals surface area contributed by atoms with E-state index in [9.17, 15) is 14.4 Å². The number of benzene rings is 3. The molecule has 3 amide bonds. The number of nitrogens with zero attached hydrogens (tertiary/aromatic N) is 3. The summed E-state index contributed by atoms with van der Waals surface area (Å²) < 4.78 is 5.22. The molecule has 7 heteroatoms. The third kappa shape index (κ3) is 3.22. The number of fused-ring (bicyclic) bond motifs is 2. The van der Waals surface area contributed by atoms with Crippen LogP contribution in [-0.4, -0.2) is 46.0 Å². The minimum absolute atomic E-state index is 0.145. The Hall–Kier alpha value is -4.13. The minimum atomic E-state index is -1.36. The molecule has 0 radical (unpaired) electrons. The Bertz CT molecular complexity index is 1340. The molecule has 0 saturated heterocycles. The lowest BCUT2D eigenvalue weighted by atomic mass is 9.66. The third-order valence-corrected chi connectivity index (χ3v) is 7.38. The van der Waals surface area contributed by atoms with Crippen LogP contribution in [0.15, 0.2) is 72.8 Å². The summed E-state index contributed by atoms with van der Waals surface area (Å²) in [6.07, 6.45) is -0.145. The van der Waals surface area contributed by atoms with Gasteiger partial charge in [0, 0.05) is 44.6 Å². The van der Waals surface area contributed by atoms with Gasteiger partial charge in [0.2, 0.25) is 17.7 Å². The third-order valence-electron chi connectivity index (χ3n) is 7.38. The maximum absolute atomic E-state index is 14.1. The molecular formula is C28H27N3O4. The fourth-order valence-electron chi connectivity index (χ4n) is 5.48. The monoisotopic (exact) mass is 469 g/mol. The largest absolute Gasteiger partial charge is 0.497 e. The highest BCUT2D eigenvalue weighted by molar-refractivity contribution is 6.18. The fraction of sp³-hybridized carbons (Fsp3) is 0.250. The molecule has 2 heterocycles. The van der Waals surface area contributed by atoms with E-state index in [2.05, 4.69) is 0 Å². The highest BCUT2D eigenvalue weighted by atomic mass is 16.5. The maximum atomic E-state index is 14.1. The average molecular weight is 470 g/mol. The van der Waals surface area contributed by atoms with E-state index >= 15 is 0 Å². The number of ether oxygens (including phenoxy) is 1. The average Bonchev–Trinajstić information content (AvgIpc) is 3.27. The zero-order chi connectivity index (χ0) is 24.9. The van der Waals surface area contributed by atoms with Gasteiger partial charge in [-0.05, 0) is 47.5 Å². The molecule has 2 aliphatic heterocycles. The topological polar surface area (TPSA) is 70.2 Å². The highest BCUT2D eigenvalue weighted by Crippen LogP contribution is 2.56. The van der Waals surface area contributed by atoms with Crippen molar-refractivity contribution in [3.63, 3.8) is 0 Å². The Morgan fingerprint density at radius 2 is 1.54 bits per heavy atom. The normalized spacial score (nSPS) is 20.6. The van der Waals surface area contributed by atoms with E-state index in [1.807, 2.05) is 48.5 Å². The van der Waals surface area contributed by atoms with E-state index in [0.29, 0.717) is 17.0 Å². The number of anilines is 3. The van der Waals surface area contributed by atoms with Crippen molar-refractivity contribution >= 4 is 34.8 Å². The Balaban J connectivity index is 1.65. The van der Waals surface area contributed by atoms with Crippen molar-refractivity contribution in [1.29, 1.82) is 0 Å². The molecule has 7 nitrogen and oxygen atoms in total. The van der Waals surface area contributed by atoms with Gasteiger partial charge in [0.15, 0.2) is 0 Å². The number of methoxy groups -OCH3 is 1. The van der Waals surface area contributed by atoms with Crippen LogP contribution >= 0.6 is 0 Å². The first-order valence-corrected chi connectivity index (χ1v) is 11.5. The lowest BCUT2D eigenvalue weighted by Crippen LogP contribution is -2.49. The molecule has 0 aromatic heterocycles. The predicted octanol–water partition coefficient (Wildman–Crippen LogP) is 3.72. The van der Waals surface area contributed by atoms with Gasteiger partial charge in [-0.1, -0.05) is 36.4 Å². The number of hydrogen-bond acceptors (Lipinski definition) is 4. The number of carbonyl (C=O) groups is 3. The Morgan fingerprint density at radius 3 is 2.23 bits per heavy atom. The van der Waals surface area contributed by atoms with Crippen LogP contribution < -0.4 is 19.4 Å². The summed E-state index contributed by atoms with van der Waals surface area (Å²) in [7, 11) is 6.69. The van der Waals surface area contributed by atoms with Crippen molar-refractivity contribution < 1.29 is 19.1 Å². The van der Waals surface area contributed by atoms with Gasteiger partial charge in [-0.25, -0.2) is 0 Å². The number of rotatable bonds is 5. The quantitative estimate of drug-likeness (QED) is 0.571. The summed E-state index contributed by atoms with van der Waals surface area (Å²) in [5.74, 6) is -0.823. The lowest BCUT2D eigenvalue weighted by molar-refractivity contribution is -0.132. The molecule has 3 aromatic rings. The molecular weight excluding hydrogens is 442 g/mol. The Labute approximate surface area is 204 Å². The number of carbonyl (C=O) groups excluding carboxylic acids is 3. The summed E-state index contributed by atoms with van der Waals surface area (Å²) in [6.45, 7) is 0. The molecule has 35 heavy (non-hydrogen) atoms. The first-order valence-electron chi connectivity index (χ1n) is 11.5. The van der Waals surface area contributed by atoms with Crippen LogP contribution in [0.25, 0.3) is 0 Å². The smallest absolute Gasteiger partial charge is 0.239 e. The first-order chi connectivity index (χ1) is 16.8. The molecule has 3 aromatic carbocycles. The van der Waals surface area contributed by atoms with Crippen LogP contribution in [-0.2, 0) is 19.8 Å². The molecule has 2 aliphatic rings. The number of hydrogen-bond donors (Lipinski definition) is 0. The fourth-order valence-corrected chi connectivity index (χ4v) is 5.48. The van der Waals surface area contributed by atoms with Crippen molar-refractivity contribution in [3.05, 3.63) is 83.9 Å².